The van der Waals surface area contributed by atoms with Crippen LogP contribution in [0.2, 0.25) is 25.2 Å². The lowest BCUT2D eigenvalue weighted by Gasteiger charge is -2.24. The van der Waals surface area contributed by atoms with Crippen molar-refractivity contribution >= 4 is 19.8 Å². The molecule has 0 saturated carbocycles. The monoisotopic (exact) mass is 237 g/mol. The van der Waals surface area contributed by atoms with Crippen molar-refractivity contribution in [2.45, 2.75) is 32.1 Å². The lowest BCUT2D eigenvalue weighted by atomic mass is 10.4. The molecule has 1 aromatic rings. The highest BCUT2D eigenvalue weighted by Gasteiger charge is 2.28. The maximum Gasteiger partial charge on any atom is 0.238 e. The predicted molar refractivity (Wildman–Crippen MR) is 68.8 cm³/mol. The Morgan fingerprint density at radius 3 is 2.56 bits per heavy atom. The van der Waals surface area contributed by atoms with E-state index in [1.807, 2.05) is 19.1 Å². The Balaban J connectivity index is 2.48. The van der Waals surface area contributed by atoms with Crippen LogP contribution in [0, 0.1) is 0 Å². The molecule has 1 amide bonds. The fourth-order valence-corrected chi connectivity index (χ4v) is 1.92. The van der Waals surface area contributed by atoms with Gasteiger partial charge in [-0.3, -0.25) is 15.6 Å². The average Bonchev–Trinajstić information content (AvgIpc) is 2.25. The summed E-state index contributed by atoms with van der Waals surface area (Å²) in [6, 6.07) is 5.50. The van der Waals surface area contributed by atoms with Crippen LogP contribution < -0.4 is 10.9 Å². The second-order valence-electron chi connectivity index (χ2n) is 4.92. The smallest absolute Gasteiger partial charge is 0.238 e. The zero-order valence-electron chi connectivity index (χ0n) is 10.2. The number of nitrogens with zero attached hydrogens (tertiary/aromatic N) is 1. The van der Waals surface area contributed by atoms with Gasteiger partial charge in [-0.25, -0.2) is 4.98 Å². The molecule has 1 rings (SSSR count). The molecule has 1 heterocycles. The number of carbonyl (C=O) groups is 1. The predicted octanol–water partition coefficient (Wildman–Crippen LogP) is 2.25. The number of nitrogens with one attached hydrogen (secondary N) is 2. The molecule has 0 aliphatic carbocycles. The molecule has 88 valence electrons. The van der Waals surface area contributed by atoms with Crippen LogP contribution in [-0.2, 0) is 4.79 Å². The van der Waals surface area contributed by atoms with Crippen LogP contribution in [0.4, 0.5) is 5.82 Å². The molecule has 0 aliphatic heterocycles. The molecule has 2 N–H and O–H groups in total. The molecular weight excluding hydrogens is 218 g/mol. The van der Waals surface area contributed by atoms with E-state index in [1.165, 1.54) is 0 Å². The normalized spacial score (nSPS) is 13.0. The third-order valence-corrected chi connectivity index (χ3v) is 5.53. The highest BCUT2D eigenvalue weighted by Crippen LogP contribution is 2.20. The minimum absolute atomic E-state index is 0.0322. The van der Waals surface area contributed by atoms with Gasteiger partial charge in [-0.2, -0.15) is 0 Å². The van der Waals surface area contributed by atoms with Gasteiger partial charge in [0, 0.05) is 11.7 Å². The lowest BCUT2D eigenvalue weighted by molar-refractivity contribution is -0.120. The molecule has 0 saturated heterocycles. The van der Waals surface area contributed by atoms with Crippen LogP contribution in [0.3, 0.4) is 0 Å². The van der Waals surface area contributed by atoms with E-state index in [4.69, 9.17) is 0 Å². The van der Waals surface area contributed by atoms with Gasteiger partial charge in [0.25, 0.3) is 0 Å². The molecule has 0 aromatic carbocycles. The van der Waals surface area contributed by atoms with Crippen LogP contribution >= 0.6 is 0 Å². The number of rotatable bonds is 4. The van der Waals surface area contributed by atoms with E-state index in [1.54, 1.807) is 12.3 Å². The highest BCUT2D eigenvalue weighted by molar-refractivity contribution is 6.80. The molecule has 0 radical (unpaired) electrons. The number of aromatic nitrogens is 1. The molecule has 0 aliphatic rings. The molecule has 1 unspecified atom stereocenters. The number of hydrogen-bond acceptors (Lipinski definition) is 3. The number of hydrazine groups is 1. The topological polar surface area (TPSA) is 54.0 Å². The molecule has 0 spiro atoms. The summed E-state index contributed by atoms with van der Waals surface area (Å²) in [5.41, 5.74) is 5.57. The number of carbonyl (C=O) groups excluding carboxylic acids is 1. The Morgan fingerprint density at radius 2 is 2.06 bits per heavy atom. The van der Waals surface area contributed by atoms with Crippen molar-refractivity contribution in [2.24, 2.45) is 0 Å². The first kappa shape index (κ1) is 12.7. The SMILES string of the molecule is CC(C(=O)NNc1ccccn1)[Si](C)(C)C. The van der Waals surface area contributed by atoms with Gasteiger partial charge in [-0.1, -0.05) is 32.6 Å². The lowest BCUT2D eigenvalue weighted by Crippen LogP contribution is -2.41. The Morgan fingerprint density at radius 1 is 1.38 bits per heavy atom. The van der Waals surface area contributed by atoms with Gasteiger partial charge >= 0.3 is 0 Å². The summed E-state index contributed by atoms with van der Waals surface area (Å²) in [4.78, 5) is 15.9. The average molecular weight is 237 g/mol. The minimum Gasteiger partial charge on any atom is -0.282 e. The van der Waals surface area contributed by atoms with Gasteiger partial charge in [0.15, 0.2) is 0 Å². The van der Waals surface area contributed by atoms with E-state index >= 15 is 0 Å². The third kappa shape index (κ3) is 3.66. The summed E-state index contributed by atoms with van der Waals surface area (Å²) in [7, 11) is -1.43. The number of anilines is 1. The summed E-state index contributed by atoms with van der Waals surface area (Å²) in [6.07, 6.45) is 1.68. The second-order valence-corrected chi connectivity index (χ2v) is 10.5. The van der Waals surface area contributed by atoms with E-state index in [9.17, 15) is 4.79 Å². The van der Waals surface area contributed by atoms with Crippen LogP contribution in [0.15, 0.2) is 24.4 Å². The number of amides is 1. The fourth-order valence-electron chi connectivity index (χ4n) is 1.06. The molecule has 0 bridgehead atoms. The standard InChI is InChI=1S/C11H19N3OSi/c1-9(16(2,3)4)11(15)14-13-10-7-5-6-8-12-10/h5-9H,1-4H3,(H,12,13)(H,14,15). The van der Waals surface area contributed by atoms with Crippen LogP contribution in [0.5, 0.6) is 0 Å². The van der Waals surface area contributed by atoms with Crippen LogP contribution in [0.1, 0.15) is 6.92 Å². The fraction of sp³-hybridized carbons (Fsp3) is 0.455. The Bertz CT molecular complexity index is 348. The Hall–Kier alpha value is -1.36. The van der Waals surface area contributed by atoms with Crippen molar-refractivity contribution in [2.75, 3.05) is 5.43 Å². The molecule has 5 heteroatoms. The first-order valence-corrected chi connectivity index (χ1v) is 8.96. The molecular formula is C11H19N3OSi. The zero-order valence-corrected chi connectivity index (χ0v) is 11.2. The maximum absolute atomic E-state index is 11.8. The first-order chi connectivity index (χ1) is 7.41. The van der Waals surface area contributed by atoms with Crippen molar-refractivity contribution in [3.63, 3.8) is 0 Å². The Labute approximate surface area is 97.5 Å². The first-order valence-electron chi connectivity index (χ1n) is 5.38. The minimum atomic E-state index is -1.43. The third-order valence-electron chi connectivity index (χ3n) is 2.67. The molecule has 1 atom stereocenters. The highest BCUT2D eigenvalue weighted by atomic mass is 28.3. The van der Waals surface area contributed by atoms with Gasteiger partial charge in [0.1, 0.15) is 5.82 Å². The van der Waals surface area contributed by atoms with Gasteiger partial charge in [0.2, 0.25) is 5.91 Å². The molecule has 16 heavy (non-hydrogen) atoms. The zero-order chi connectivity index (χ0) is 12.2. The second kappa shape index (κ2) is 5.11. The molecule has 1 aromatic heterocycles. The largest absolute Gasteiger partial charge is 0.282 e. The van der Waals surface area contributed by atoms with Gasteiger partial charge < -0.3 is 0 Å². The van der Waals surface area contributed by atoms with Crippen molar-refractivity contribution in [1.29, 1.82) is 0 Å². The number of hydrogen-bond donors (Lipinski definition) is 2. The van der Waals surface area contributed by atoms with Crippen molar-refractivity contribution in [3.05, 3.63) is 24.4 Å². The van der Waals surface area contributed by atoms with E-state index in [-0.39, 0.29) is 11.4 Å². The van der Waals surface area contributed by atoms with Gasteiger partial charge in [-0.15, -0.1) is 0 Å². The van der Waals surface area contributed by atoms with Crippen LogP contribution in [-0.4, -0.2) is 19.0 Å². The van der Waals surface area contributed by atoms with Gasteiger partial charge in [0.05, 0.1) is 8.07 Å². The van der Waals surface area contributed by atoms with Crippen LogP contribution in [0.25, 0.3) is 0 Å². The summed E-state index contributed by atoms with van der Waals surface area (Å²) in [5.74, 6) is 0.684. The summed E-state index contributed by atoms with van der Waals surface area (Å²) < 4.78 is 0. The molecule has 0 fully saturated rings. The van der Waals surface area contributed by atoms with E-state index in [0.717, 1.165) is 0 Å². The van der Waals surface area contributed by atoms with E-state index in [2.05, 4.69) is 35.5 Å². The summed E-state index contributed by atoms with van der Waals surface area (Å²) >= 11 is 0. The molecule has 4 nitrogen and oxygen atoms in total. The summed E-state index contributed by atoms with van der Waals surface area (Å²) in [5, 5.41) is 0. The van der Waals surface area contributed by atoms with Crippen molar-refractivity contribution < 1.29 is 4.79 Å². The number of pyridine rings is 1. The quantitative estimate of drug-likeness (QED) is 0.624. The van der Waals surface area contributed by atoms with Crippen molar-refractivity contribution in [3.8, 4) is 0 Å². The van der Waals surface area contributed by atoms with E-state index in [0.29, 0.717) is 5.82 Å². The summed E-state index contributed by atoms with van der Waals surface area (Å²) in [6.45, 7) is 8.51. The van der Waals surface area contributed by atoms with Gasteiger partial charge in [-0.05, 0) is 12.1 Å². The van der Waals surface area contributed by atoms with Crippen molar-refractivity contribution in [1.82, 2.24) is 10.4 Å². The van der Waals surface area contributed by atoms with E-state index < -0.39 is 8.07 Å². The maximum atomic E-state index is 11.8. The Kier molecular flexibility index (Phi) is 4.06.